The van der Waals surface area contributed by atoms with Crippen LogP contribution in [-0.2, 0) is 23.9 Å². The summed E-state index contributed by atoms with van der Waals surface area (Å²) in [5.74, 6) is -3.98. The Balaban J connectivity index is 1.61. The van der Waals surface area contributed by atoms with Gasteiger partial charge in [-0.3, -0.25) is 14.4 Å². The topological polar surface area (TPSA) is 152 Å². The first-order chi connectivity index (χ1) is 20.0. The highest BCUT2D eigenvalue weighted by Gasteiger charge is 2.42. The summed E-state index contributed by atoms with van der Waals surface area (Å²) in [5, 5.41) is 7.94. The van der Waals surface area contributed by atoms with Crippen molar-refractivity contribution >= 4 is 29.7 Å². The normalized spacial score (nSPS) is 11.7. The van der Waals surface area contributed by atoms with E-state index in [0.717, 1.165) is 11.1 Å². The van der Waals surface area contributed by atoms with Crippen molar-refractivity contribution in [2.75, 3.05) is 25.0 Å². The third-order valence-corrected chi connectivity index (χ3v) is 5.77. The Morgan fingerprint density at radius 3 is 2.24 bits per heavy atom. The van der Waals surface area contributed by atoms with Crippen LogP contribution in [0.2, 0.25) is 0 Å². The lowest BCUT2D eigenvalue weighted by Crippen LogP contribution is -2.39. The molecule has 0 fully saturated rings. The van der Waals surface area contributed by atoms with Gasteiger partial charge < -0.3 is 30.4 Å². The van der Waals surface area contributed by atoms with Gasteiger partial charge in [-0.1, -0.05) is 36.4 Å². The monoisotopic (exact) mass is 589 g/mol. The van der Waals surface area contributed by atoms with Gasteiger partial charge in [0.05, 0.1) is 25.6 Å². The smallest absolute Gasteiger partial charge is 0.491 e. The summed E-state index contributed by atoms with van der Waals surface area (Å²) in [7, 11) is 0. The van der Waals surface area contributed by atoms with Crippen LogP contribution in [0.1, 0.15) is 37.8 Å². The van der Waals surface area contributed by atoms with Crippen molar-refractivity contribution in [3.05, 3.63) is 66.5 Å². The quantitative estimate of drug-likeness (QED) is 0.126. The average Bonchev–Trinajstić information content (AvgIpc) is 3.48. The van der Waals surface area contributed by atoms with E-state index >= 15 is 0 Å². The molecule has 1 heterocycles. The highest BCUT2D eigenvalue weighted by Crippen LogP contribution is 2.26. The first kappa shape index (κ1) is 31.6. The minimum absolute atomic E-state index is 0.114. The number of H-pyrrole nitrogens is 1. The van der Waals surface area contributed by atoms with Crippen molar-refractivity contribution in [1.82, 2.24) is 20.6 Å². The van der Waals surface area contributed by atoms with Crippen LogP contribution in [0.4, 0.5) is 19.1 Å². The summed E-state index contributed by atoms with van der Waals surface area (Å²) in [4.78, 5) is 54.8. The molecule has 3 rings (SSSR count). The third kappa shape index (κ3) is 10.3. The summed E-state index contributed by atoms with van der Waals surface area (Å²) in [6, 6.07) is 12.7. The van der Waals surface area contributed by atoms with Gasteiger partial charge in [0.1, 0.15) is 5.75 Å². The number of ether oxygens (including phenoxy) is 2. The predicted octanol–water partition coefficient (Wildman–Crippen LogP) is 3.66. The number of anilines is 1. The minimum atomic E-state index is -5.36. The molecule has 0 bridgehead atoms. The Morgan fingerprint density at radius 1 is 0.976 bits per heavy atom. The lowest BCUT2D eigenvalue weighted by Gasteiger charge is -2.19. The number of alkyl halides is 3. The number of nitrogens with one attached hydrogen (secondary N) is 4. The Kier molecular flexibility index (Phi) is 11.5. The van der Waals surface area contributed by atoms with Crippen molar-refractivity contribution in [2.45, 2.75) is 38.4 Å². The molecule has 42 heavy (non-hydrogen) atoms. The first-order valence-corrected chi connectivity index (χ1v) is 13.0. The van der Waals surface area contributed by atoms with E-state index in [1.54, 1.807) is 48.8 Å². The first-order valence-electron chi connectivity index (χ1n) is 13.0. The van der Waals surface area contributed by atoms with Gasteiger partial charge >= 0.3 is 18.1 Å². The Labute approximate surface area is 239 Å². The maximum Gasteiger partial charge on any atom is 0.491 e. The second kappa shape index (κ2) is 15.2. The molecule has 1 aromatic heterocycles. The molecule has 2 aromatic carbocycles. The second-order valence-corrected chi connectivity index (χ2v) is 8.91. The molecule has 3 aromatic rings. The van der Waals surface area contributed by atoms with Gasteiger partial charge in [-0.05, 0) is 42.2 Å². The third-order valence-electron chi connectivity index (χ3n) is 5.77. The average molecular weight is 590 g/mol. The largest absolute Gasteiger partial charge is 0.494 e. The summed E-state index contributed by atoms with van der Waals surface area (Å²) in [5.41, 5.74) is 2.00. The molecule has 0 saturated heterocycles. The second-order valence-electron chi connectivity index (χ2n) is 8.91. The fraction of sp³-hybridized carbons (Fsp3) is 0.321. The van der Waals surface area contributed by atoms with Crippen LogP contribution in [0.25, 0.3) is 11.1 Å². The Morgan fingerprint density at radius 2 is 1.64 bits per heavy atom. The Hall–Kier alpha value is -4.88. The van der Waals surface area contributed by atoms with Crippen molar-refractivity contribution < 1.29 is 41.8 Å². The molecule has 0 saturated carbocycles. The number of carbonyl (C=O) groups is 4. The van der Waals surface area contributed by atoms with E-state index in [0.29, 0.717) is 36.8 Å². The van der Waals surface area contributed by atoms with Gasteiger partial charge in [0.15, 0.2) is 5.95 Å². The van der Waals surface area contributed by atoms with Crippen LogP contribution in [-0.4, -0.2) is 59.6 Å². The molecule has 11 nitrogen and oxygen atoms in total. The van der Waals surface area contributed by atoms with Crippen LogP contribution in [0.3, 0.4) is 0 Å². The van der Waals surface area contributed by atoms with Gasteiger partial charge in [-0.2, -0.15) is 13.2 Å². The number of amides is 2. The maximum atomic E-state index is 12.6. The lowest BCUT2D eigenvalue weighted by atomic mass is 9.99. The molecule has 224 valence electrons. The van der Waals surface area contributed by atoms with Crippen LogP contribution >= 0.6 is 0 Å². The summed E-state index contributed by atoms with van der Waals surface area (Å²) in [6.07, 6.45) is -2.33. The number of aromatic amines is 1. The van der Waals surface area contributed by atoms with E-state index in [1.165, 1.54) is 0 Å². The van der Waals surface area contributed by atoms with Crippen molar-refractivity contribution in [3.8, 4) is 16.9 Å². The summed E-state index contributed by atoms with van der Waals surface area (Å²) >= 11 is 0. The number of aromatic nitrogens is 2. The zero-order chi connectivity index (χ0) is 30.5. The standard InChI is InChI=1S/C28H30F3N5O6/c1-2-41-21-11-9-19(10-12-21)18-5-7-20(8-6-18)22(16-25(39)42-26(40)28(29,30)31)36-24(38)17-35-23(37)4-3-13-32-27-33-14-15-34-27/h5-12,14-15,22H,2-4,13,16-17H2,1H3,(H,35,37)(H,36,38)(H2,32,33,34). The van der Waals surface area contributed by atoms with E-state index in [-0.39, 0.29) is 6.42 Å². The van der Waals surface area contributed by atoms with Crippen LogP contribution in [0.5, 0.6) is 5.75 Å². The minimum Gasteiger partial charge on any atom is -0.494 e. The SMILES string of the molecule is CCOc1ccc(-c2ccc(C(CC(=O)OC(=O)C(F)(F)F)NC(=O)CNC(=O)CCCNc3ncc[nH]3)cc2)cc1. The number of rotatable bonds is 14. The molecule has 0 aliphatic heterocycles. The molecular formula is C28H30F3N5O6. The molecule has 1 atom stereocenters. The van der Waals surface area contributed by atoms with Gasteiger partial charge in [0.2, 0.25) is 11.8 Å². The number of imidazole rings is 1. The fourth-order valence-corrected chi connectivity index (χ4v) is 3.77. The molecule has 0 aliphatic carbocycles. The number of benzene rings is 2. The maximum absolute atomic E-state index is 12.6. The van der Waals surface area contributed by atoms with Crippen LogP contribution in [0, 0.1) is 0 Å². The van der Waals surface area contributed by atoms with E-state index in [9.17, 15) is 32.3 Å². The van der Waals surface area contributed by atoms with Gasteiger partial charge in [0, 0.05) is 25.4 Å². The Bertz CT molecular complexity index is 1330. The lowest BCUT2D eigenvalue weighted by molar-refractivity contribution is -0.202. The highest BCUT2D eigenvalue weighted by atomic mass is 19.4. The van der Waals surface area contributed by atoms with Crippen LogP contribution < -0.4 is 20.7 Å². The zero-order valence-corrected chi connectivity index (χ0v) is 22.6. The molecular weight excluding hydrogens is 559 g/mol. The fourth-order valence-electron chi connectivity index (χ4n) is 3.77. The summed E-state index contributed by atoms with van der Waals surface area (Å²) < 4.78 is 47.0. The number of carbonyl (C=O) groups excluding carboxylic acids is 4. The van der Waals surface area contributed by atoms with E-state index in [1.807, 2.05) is 19.1 Å². The zero-order valence-electron chi connectivity index (χ0n) is 22.6. The number of hydrogen-bond donors (Lipinski definition) is 4. The van der Waals surface area contributed by atoms with Gasteiger partial charge in [-0.25, -0.2) is 9.78 Å². The number of halogens is 3. The van der Waals surface area contributed by atoms with Crippen molar-refractivity contribution in [3.63, 3.8) is 0 Å². The number of nitrogens with zero attached hydrogens (tertiary/aromatic N) is 1. The highest BCUT2D eigenvalue weighted by molar-refractivity contribution is 5.89. The number of hydrogen-bond acceptors (Lipinski definition) is 8. The summed E-state index contributed by atoms with van der Waals surface area (Å²) in [6.45, 7) is 2.40. The molecule has 1 unspecified atom stereocenters. The number of esters is 2. The van der Waals surface area contributed by atoms with Crippen LogP contribution in [0.15, 0.2) is 60.9 Å². The molecule has 14 heteroatoms. The molecule has 0 radical (unpaired) electrons. The van der Waals surface area contributed by atoms with E-state index in [2.05, 4.69) is 30.7 Å². The molecule has 2 amide bonds. The molecule has 4 N–H and O–H groups in total. The van der Waals surface area contributed by atoms with Crippen molar-refractivity contribution in [1.29, 1.82) is 0 Å². The van der Waals surface area contributed by atoms with Gasteiger partial charge in [0.25, 0.3) is 0 Å². The molecule has 0 spiro atoms. The van der Waals surface area contributed by atoms with Crippen molar-refractivity contribution in [2.24, 2.45) is 0 Å². The van der Waals surface area contributed by atoms with E-state index < -0.39 is 48.9 Å². The van der Waals surface area contributed by atoms with E-state index in [4.69, 9.17) is 4.74 Å². The van der Waals surface area contributed by atoms with Gasteiger partial charge in [-0.15, -0.1) is 0 Å². The predicted molar refractivity (Wildman–Crippen MR) is 145 cm³/mol. The molecule has 0 aliphatic rings.